The van der Waals surface area contributed by atoms with Gasteiger partial charge in [0.25, 0.3) is 0 Å². The van der Waals surface area contributed by atoms with Gasteiger partial charge in [0.2, 0.25) is 5.95 Å². The van der Waals surface area contributed by atoms with E-state index in [9.17, 15) is 0 Å². The number of aryl methyl sites for hydroxylation is 1. The summed E-state index contributed by atoms with van der Waals surface area (Å²) in [7, 11) is 3.61. The van der Waals surface area contributed by atoms with Crippen LogP contribution in [0.1, 0.15) is 16.7 Å². The van der Waals surface area contributed by atoms with E-state index in [1.54, 1.807) is 7.11 Å². The first kappa shape index (κ1) is 13.9. The van der Waals surface area contributed by atoms with Gasteiger partial charge in [0, 0.05) is 12.6 Å². The first-order valence-electron chi connectivity index (χ1n) is 6.01. The van der Waals surface area contributed by atoms with E-state index >= 15 is 0 Å². The molecule has 0 spiro atoms. The second-order valence-electron chi connectivity index (χ2n) is 4.69. The van der Waals surface area contributed by atoms with Crippen molar-refractivity contribution < 1.29 is 4.74 Å². The van der Waals surface area contributed by atoms with Crippen LogP contribution in [-0.4, -0.2) is 16.7 Å². The lowest BCUT2D eigenvalue weighted by atomic mass is 9.95. The Balaban J connectivity index is 2.80. The average Bonchev–Trinajstić information content (AvgIpc) is 2.60. The molecule has 0 radical (unpaired) electrons. The standard InChI is InChI=1S/C14H18BrN3O/c1-7-6-10(19-5)8(2)9(3)11(7)12-13(15)17-14(16)18(12)4/h6H,1-5H3,(H2,16,17). The molecule has 19 heavy (non-hydrogen) atoms. The van der Waals surface area contributed by atoms with Crippen LogP contribution >= 0.6 is 15.9 Å². The lowest BCUT2D eigenvalue weighted by Gasteiger charge is -2.16. The number of benzene rings is 1. The predicted octanol–water partition coefficient (Wildman–Crippen LogP) is 3.37. The quantitative estimate of drug-likeness (QED) is 0.921. The molecule has 5 heteroatoms. The van der Waals surface area contributed by atoms with Gasteiger partial charge in [-0.2, -0.15) is 0 Å². The van der Waals surface area contributed by atoms with Crippen LogP contribution in [0.2, 0.25) is 0 Å². The van der Waals surface area contributed by atoms with Gasteiger partial charge < -0.3 is 15.0 Å². The third kappa shape index (κ3) is 2.12. The van der Waals surface area contributed by atoms with E-state index in [-0.39, 0.29) is 0 Å². The van der Waals surface area contributed by atoms with Gasteiger partial charge in [0.1, 0.15) is 10.4 Å². The van der Waals surface area contributed by atoms with E-state index in [2.05, 4.69) is 41.7 Å². The van der Waals surface area contributed by atoms with Crippen LogP contribution in [0.25, 0.3) is 11.3 Å². The number of nitrogens with two attached hydrogens (primary N) is 1. The molecule has 0 saturated carbocycles. The summed E-state index contributed by atoms with van der Waals surface area (Å²) in [5.41, 5.74) is 11.5. The van der Waals surface area contributed by atoms with E-state index in [4.69, 9.17) is 10.5 Å². The summed E-state index contributed by atoms with van der Waals surface area (Å²) >= 11 is 3.49. The Morgan fingerprint density at radius 1 is 1.26 bits per heavy atom. The fraction of sp³-hybridized carbons (Fsp3) is 0.357. The number of halogens is 1. The molecule has 1 aromatic heterocycles. The zero-order chi connectivity index (χ0) is 14.3. The fourth-order valence-electron chi connectivity index (χ4n) is 2.37. The number of rotatable bonds is 2. The Hall–Kier alpha value is -1.49. The summed E-state index contributed by atoms with van der Waals surface area (Å²) in [6, 6.07) is 2.05. The van der Waals surface area contributed by atoms with Crippen molar-refractivity contribution in [3.63, 3.8) is 0 Å². The van der Waals surface area contributed by atoms with Gasteiger partial charge in [-0.15, -0.1) is 0 Å². The molecular weight excluding hydrogens is 306 g/mol. The molecule has 102 valence electrons. The summed E-state index contributed by atoms with van der Waals surface area (Å²) in [4.78, 5) is 4.27. The Morgan fingerprint density at radius 2 is 1.89 bits per heavy atom. The van der Waals surface area contributed by atoms with Crippen molar-refractivity contribution in [2.24, 2.45) is 7.05 Å². The number of aromatic nitrogens is 2. The second-order valence-corrected chi connectivity index (χ2v) is 5.44. The minimum absolute atomic E-state index is 0.495. The highest BCUT2D eigenvalue weighted by molar-refractivity contribution is 9.10. The molecule has 2 N–H and O–H groups in total. The van der Waals surface area contributed by atoms with Crippen LogP contribution in [0.3, 0.4) is 0 Å². The smallest absolute Gasteiger partial charge is 0.201 e. The Bertz CT molecular complexity index is 647. The summed E-state index contributed by atoms with van der Waals surface area (Å²) in [6.45, 7) is 6.22. The van der Waals surface area contributed by atoms with Gasteiger partial charge in [-0.05, 0) is 59.5 Å². The molecule has 0 amide bonds. The molecule has 4 nitrogen and oxygen atoms in total. The molecule has 0 aliphatic rings. The number of anilines is 1. The van der Waals surface area contributed by atoms with E-state index in [0.717, 1.165) is 32.7 Å². The molecule has 0 fully saturated rings. The fourth-order valence-corrected chi connectivity index (χ4v) is 3.02. The summed E-state index contributed by atoms with van der Waals surface area (Å²) in [5, 5.41) is 0. The van der Waals surface area contributed by atoms with Crippen LogP contribution in [-0.2, 0) is 7.05 Å². The highest BCUT2D eigenvalue weighted by Crippen LogP contribution is 2.38. The Kier molecular flexibility index (Phi) is 3.58. The van der Waals surface area contributed by atoms with Crippen molar-refractivity contribution in [1.29, 1.82) is 0 Å². The minimum Gasteiger partial charge on any atom is -0.496 e. The average molecular weight is 324 g/mol. The first-order chi connectivity index (χ1) is 8.88. The molecule has 1 heterocycles. The first-order valence-corrected chi connectivity index (χ1v) is 6.80. The van der Waals surface area contributed by atoms with Crippen molar-refractivity contribution in [3.05, 3.63) is 27.4 Å². The van der Waals surface area contributed by atoms with Crippen LogP contribution in [0.5, 0.6) is 5.75 Å². The molecule has 0 aliphatic carbocycles. The molecule has 0 bridgehead atoms. The molecule has 0 unspecified atom stereocenters. The van der Waals surface area contributed by atoms with E-state index in [1.807, 2.05) is 17.7 Å². The van der Waals surface area contributed by atoms with Gasteiger partial charge in [-0.25, -0.2) is 4.98 Å². The lowest BCUT2D eigenvalue weighted by molar-refractivity contribution is 0.411. The third-order valence-electron chi connectivity index (χ3n) is 3.59. The number of methoxy groups -OCH3 is 1. The van der Waals surface area contributed by atoms with Crippen LogP contribution in [0.4, 0.5) is 5.95 Å². The van der Waals surface area contributed by atoms with Gasteiger partial charge in [0.15, 0.2) is 0 Å². The molecule has 0 atom stereocenters. The molecule has 0 aliphatic heterocycles. The second kappa shape index (κ2) is 4.89. The van der Waals surface area contributed by atoms with Gasteiger partial charge in [0.05, 0.1) is 12.8 Å². The van der Waals surface area contributed by atoms with Gasteiger partial charge >= 0.3 is 0 Å². The third-order valence-corrected chi connectivity index (χ3v) is 4.15. The van der Waals surface area contributed by atoms with Crippen LogP contribution < -0.4 is 10.5 Å². The number of nitrogens with zero attached hydrogens (tertiary/aromatic N) is 2. The summed E-state index contributed by atoms with van der Waals surface area (Å²) in [6.07, 6.45) is 0. The van der Waals surface area contributed by atoms with Crippen LogP contribution in [0, 0.1) is 20.8 Å². The molecule has 2 rings (SSSR count). The van der Waals surface area contributed by atoms with Crippen molar-refractivity contribution in [3.8, 4) is 17.0 Å². The van der Waals surface area contributed by atoms with Crippen molar-refractivity contribution in [2.75, 3.05) is 12.8 Å². The molecule has 1 aromatic carbocycles. The number of ether oxygens (including phenoxy) is 1. The van der Waals surface area contributed by atoms with Crippen molar-refractivity contribution in [1.82, 2.24) is 9.55 Å². The van der Waals surface area contributed by atoms with E-state index in [0.29, 0.717) is 5.95 Å². The van der Waals surface area contributed by atoms with Gasteiger partial charge in [-0.1, -0.05) is 0 Å². The predicted molar refractivity (Wildman–Crippen MR) is 81.5 cm³/mol. The summed E-state index contributed by atoms with van der Waals surface area (Å²) < 4.78 is 8.07. The number of hydrogen-bond donors (Lipinski definition) is 1. The molecule has 2 aromatic rings. The number of hydrogen-bond acceptors (Lipinski definition) is 3. The SMILES string of the molecule is COc1cc(C)c(-c2c(Br)nc(N)n2C)c(C)c1C. The normalized spacial score (nSPS) is 10.8. The number of nitrogen functional groups attached to an aromatic ring is 1. The number of imidazole rings is 1. The minimum atomic E-state index is 0.495. The maximum atomic E-state index is 5.87. The zero-order valence-corrected chi connectivity index (χ0v) is 13.4. The highest BCUT2D eigenvalue weighted by atomic mass is 79.9. The topological polar surface area (TPSA) is 53.1 Å². The van der Waals surface area contributed by atoms with Crippen molar-refractivity contribution in [2.45, 2.75) is 20.8 Å². The molecular formula is C14H18BrN3O. The highest BCUT2D eigenvalue weighted by Gasteiger charge is 2.19. The van der Waals surface area contributed by atoms with Gasteiger partial charge in [-0.3, -0.25) is 0 Å². The summed E-state index contributed by atoms with van der Waals surface area (Å²) in [5.74, 6) is 1.40. The maximum Gasteiger partial charge on any atom is 0.201 e. The Labute approximate surface area is 121 Å². The van der Waals surface area contributed by atoms with Crippen molar-refractivity contribution >= 4 is 21.9 Å². The van der Waals surface area contributed by atoms with Crippen LogP contribution in [0.15, 0.2) is 10.7 Å². The maximum absolute atomic E-state index is 5.87. The monoisotopic (exact) mass is 323 g/mol. The lowest BCUT2D eigenvalue weighted by Crippen LogP contribution is -2.02. The Morgan fingerprint density at radius 3 is 2.37 bits per heavy atom. The largest absolute Gasteiger partial charge is 0.496 e. The molecule has 0 saturated heterocycles. The van der Waals surface area contributed by atoms with E-state index in [1.165, 1.54) is 5.56 Å². The zero-order valence-electron chi connectivity index (χ0n) is 11.8. The van der Waals surface area contributed by atoms with E-state index < -0.39 is 0 Å².